The summed E-state index contributed by atoms with van der Waals surface area (Å²) in [5.74, 6) is 0. The van der Waals surface area contributed by atoms with E-state index in [1.54, 1.807) is 0 Å². The zero-order valence-corrected chi connectivity index (χ0v) is 11.5. The van der Waals surface area contributed by atoms with E-state index in [4.69, 9.17) is 11.6 Å². The number of nitrogens with zero attached hydrogens (tertiary/aromatic N) is 1. The van der Waals surface area contributed by atoms with Crippen molar-refractivity contribution in [1.82, 2.24) is 4.98 Å². The molecule has 0 fully saturated rings. The molecule has 0 radical (unpaired) electrons. The van der Waals surface area contributed by atoms with Crippen LogP contribution in [0.3, 0.4) is 0 Å². The molecular weight excluding hydrogens is 288 g/mol. The van der Waals surface area contributed by atoms with E-state index in [-0.39, 0.29) is 0 Å². The number of hydrogen-bond donors (Lipinski definition) is 1. The molecule has 2 nitrogen and oxygen atoms in total. The van der Waals surface area contributed by atoms with E-state index in [0.717, 1.165) is 33.2 Å². The van der Waals surface area contributed by atoms with Crippen LogP contribution in [-0.2, 0) is 6.42 Å². The maximum absolute atomic E-state index is 6.20. The van der Waals surface area contributed by atoms with Gasteiger partial charge in [-0.2, -0.15) is 0 Å². The lowest BCUT2D eigenvalue weighted by Gasteiger charge is -2.09. The number of pyridine rings is 1. The van der Waals surface area contributed by atoms with Gasteiger partial charge in [0.15, 0.2) is 0 Å². The average Bonchev–Trinajstić information content (AvgIpc) is 2.28. The van der Waals surface area contributed by atoms with Crippen molar-refractivity contribution >= 4 is 44.1 Å². The number of benzene rings is 1. The van der Waals surface area contributed by atoms with Gasteiger partial charge < -0.3 is 5.32 Å². The molecule has 0 amide bonds. The highest BCUT2D eigenvalue weighted by molar-refractivity contribution is 9.10. The Morgan fingerprint density at radius 2 is 2.12 bits per heavy atom. The standard InChI is InChI=1S/C12H12BrClN2/c1-3-8-6-11(15-2)9-4-7(13)5-10(14)12(9)16-8/h4-6H,3H2,1-2H3,(H,15,16). The Morgan fingerprint density at radius 1 is 1.38 bits per heavy atom. The van der Waals surface area contributed by atoms with Crippen molar-refractivity contribution in [3.8, 4) is 0 Å². The normalized spacial score (nSPS) is 10.8. The number of anilines is 1. The number of aromatic nitrogens is 1. The maximum atomic E-state index is 6.20. The SMILES string of the molecule is CCc1cc(NC)c2cc(Br)cc(Cl)c2n1. The summed E-state index contributed by atoms with van der Waals surface area (Å²) in [7, 11) is 1.91. The number of aryl methyl sites for hydroxylation is 1. The van der Waals surface area contributed by atoms with E-state index >= 15 is 0 Å². The first-order chi connectivity index (χ1) is 7.65. The molecule has 0 unspecified atom stereocenters. The van der Waals surface area contributed by atoms with E-state index in [2.05, 4.69) is 39.2 Å². The molecule has 2 aromatic rings. The Hall–Kier alpha value is -0.800. The minimum absolute atomic E-state index is 0.677. The highest BCUT2D eigenvalue weighted by atomic mass is 79.9. The molecule has 0 bridgehead atoms. The number of hydrogen-bond acceptors (Lipinski definition) is 2. The summed E-state index contributed by atoms with van der Waals surface area (Å²) in [6.45, 7) is 2.08. The predicted octanol–water partition coefficient (Wildman–Crippen LogP) is 4.25. The van der Waals surface area contributed by atoms with Crippen molar-refractivity contribution in [1.29, 1.82) is 0 Å². The Bertz CT molecular complexity index is 540. The van der Waals surface area contributed by atoms with Crippen molar-refractivity contribution in [3.05, 3.63) is 33.4 Å². The van der Waals surface area contributed by atoms with Gasteiger partial charge in [0.1, 0.15) is 0 Å². The Morgan fingerprint density at radius 3 is 2.75 bits per heavy atom. The van der Waals surface area contributed by atoms with Gasteiger partial charge in [0.25, 0.3) is 0 Å². The first-order valence-corrected chi connectivity index (χ1v) is 6.29. The van der Waals surface area contributed by atoms with Crippen LogP contribution in [-0.4, -0.2) is 12.0 Å². The van der Waals surface area contributed by atoms with Crippen LogP contribution < -0.4 is 5.32 Å². The first-order valence-electron chi connectivity index (χ1n) is 5.12. The van der Waals surface area contributed by atoms with Gasteiger partial charge in [-0.25, -0.2) is 0 Å². The minimum atomic E-state index is 0.677. The van der Waals surface area contributed by atoms with E-state index in [1.165, 1.54) is 0 Å². The van der Waals surface area contributed by atoms with Gasteiger partial charge in [0.2, 0.25) is 0 Å². The summed E-state index contributed by atoms with van der Waals surface area (Å²) >= 11 is 9.64. The molecule has 1 aromatic carbocycles. The van der Waals surface area contributed by atoms with Gasteiger partial charge >= 0.3 is 0 Å². The average molecular weight is 300 g/mol. The van der Waals surface area contributed by atoms with Crippen molar-refractivity contribution in [2.24, 2.45) is 0 Å². The fourth-order valence-electron chi connectivity index (χ4n) is 1.69. The molecule has 0 saturated heterocycles. The van der Waals surface area contributed by atoms with E-state index in [1.807, 2.05) is 19.2 Å². The van der Waals surface area contributed by atoms with Crippen LogP contribution in [0.1, 0.15) is 12.6 Å². The number of halogens is 2. The molecule has 84 valence electrons. The lowest BCUT2D eigenvalue weighted by molar-refractivity contribution is 1.06. The first kappa shape index (κ1) is 11.7. The fraction of sp³-hybridized carbons (Fsp3) is 0.250. The summed E-state index contributed by atoms with van der Waals surface area (Å²) in [4.78, 5) is 4.55. The Kier molecular flexibility index (Phi) is 3.36. The summed E-state index contributed by atoms with van der Waals surface area (Å²) in [6, 6.07) is 5.96. The molecule has 0 aliphatic heterocycles. The fourth-order valence-corrected chi connectivity index (χ4v) is 2.54. The predicted molar refractivity (Wildman–Crippen MR) is 73.4 cm³/mol. The third kappa shape index (κ3) is 2.02. The van der Waals surface area contributed by atoms with Gasteiger partial charge in [-0.1, -0.05) is 34.5 Å². The molecule has 16 heavy (non-hydrogen) atoms. The molecular formula is C12H12BrClN2. The minimum Gasteiger partial charge on any atom is -0.388 e. The van der Waals surface area contributed by atoms with Crippen LogP contribution in [0.15, 0.2) is 22.7 Å². The molecule has 0 atom stereocenters. The Labute approximate surface area is 108 Å². The van der Waals surface area contributed by atoms with Crippen molar-refractivity contribution in [2.45, 2.75) is 13.3 Å². The topological polar surface area (TPSA) is 24.9 Å². The highest BCUT2D eigenvalue weighted by Crippen LogP contribution is 2.31. The van der Waals surface area contributed by atoms with Crippen molar-refractivity contribution in [3.63, 3.8) is 0 Å². The molecule has 2 rings (SSSR count). The van der Waals surface area contributed by atoms with Crippen LogP contribution in [0.5, 0.6) is 0 Å². The molecule has 0 aliphatic carbocycles. The van der Waals surface area contributed by atoms with Crippen LogP contribution >= 0.6 is 27.5 Å². The van der Waals surface area contributed by atoms with Crippen molar-refractivity contribution < 1.29 is 0 Å². The molecule has 1 N–H and O–H groups in total. The molecule has 1 heterocycles. The van der Waals surface area contributed by atoms with Gasteiger partial charge in [-0.05, 0) is 24.6 Å². The number of fused-ring (bicyclic) bond motifs is 1. The summed E-state index contributed by atoms with van der Waals surface area (Å²) < 4.78 is 0.965. The largest absolute Gasteiger partial charge is 0.388 e. The molecule has 4 heteroatoms. The summed E-state index contributed by atoms with van der Waals surface area (Å²) in [5, 5.41) is 4.90. The molecule has 1 aromatic heterocycles. The monoisotopic (exact) mass is 298 g/mol. The van der Waals surface area contributed by atoms with Crippen molar-refractivity contribution in [2.75, 3.05) is 12.4 Å². The number of rotatable bonds is 2. The smallest absolute Gasteiger partial charge is 0.0912 e. The van der Waals surface area contributed by atoms with Gasteiger partial charge in [-0.3, -0.25) is 4.98 Å². The quantitative estimate of drug-likeness (QED) is 0.896. The second-order valence-electron chi connectivity index (χ2n) is 3.55. The third-order valence-electron chi connectivity index (χ3n) is 2.52. The second kappa shape index (κ2) is 4.60. The molecule has 0 saturated carbocycles. The van der Waals surface area contributed by atoms with Crippen LogP contribution in [0.25, 0.3) is 10.9 Å². The maximum Gasteiger partial charge on any atom is 0.0912 e. The lowest BCUT2D eigenvalue weighted by atomic mass is 10.1. The van der Waals surface area contributed by atoms with E-state index < -0.39 is 0 Å². The third-order valence-corrected chi connectivity index (χ3v) is 3.26. The zero-order valence-electron chi connectivity index (χ0n) is 9.14. The highest BCUT2D eigenvalue weighted by Gasteiger charge is 2.08. The summed E-state index contributed by atoms with van der Waals surface area (Å²) in [6.07, 6.45) is 0.900. The van der Waals surface area contributed by atoms with Crippen LogP contribution in [0, 0.1) is 0 Å². The lowest BCUT2D eigenvalue weighted by Crippen LogP contribution is -1.96. The molecule has 0 aliphatic rings. The van der Waals surface area contributed by atoms with E-state index in [0.29, 0.717) is 5.02 Å². The Balaban J connectivity index is 2.83. The van der Waals surface area contributed by atoms with Crippen LogP contribution in [0.2, 0.25) is 5.02 Å². The van der Waals surface area contributed by atoms with Gasteiger partial charge in [0.05, 0.1) is 10.5 Å². The van der Waals surface area contributed by atoms with Gasteiger partial charge in [-0.15, -0.1) is 0 Å². The molecule has 0 spiro atoms. The summed E-state index contributed by atoms with van der Waals surface area (Å²) in [5.41, 5.74) is 2.96. The number of nitrogens with one attached hydrogen (secondary N) is 1. The zero-order chi connectivity index (χ0) is 11.7. The van der Waals surface area contributed by atoms with Crippen LogP contribution in [0.4, 0.5) is 5.69 Å². The second-order valence-corrected chi connectivity index (χ2v) is 4.87. The van der Waals surface area contributed by atoms with E-state index in [9.17, 15) is 0 Å². The van der Waals surface area contributed by atoms with Gasteiger partial charge in [0, 0.05) is 28.3 Å².